The molecule has 0 amide bonds. The minimum Gasteiger partial charge on any atom is -0.349 e. The minimum absolute atomic E-state index is 0.352. The van der Waals surface area contributed by atoms with Crippen LogP contribution in [0.1, 0.15) is 25.7 Å². The van der Waals surface area contributed by atoms with E-state index in [0.29, 0.717) is 18.9 Å². The Labute approximate surface area is 94.6 Å². The number of hydrogen-bond acceptors (Lipinski definition) is 3. The Morgan fingerprint density at radius 1 is 1.19 bits per heavy atom. The molecule has 86 valence electrons. The molecule has 16 heavy (non-hydrogen) atoms. The van der Waals surface area contributed by atoms with Crippen molar-refractivity contribution in [1.82, 2.24) is 0 Å². The lowest BCUT2D eigenvalue weighted by Gasteiger charge is -2.17. The van der Waals surface area contributed by atoms with E-state index in [1.165, 1.54) is 0 Å². The predicted molar refractivity (Wildman–Crippen MR) is 61.2 cm³/mol. The zero-order valence-corrected chi connectivity index (χ0v) is 9.46. The summed E-state index contributed by atoms with van der Waals surface area (Å²) in [7, 11) is 0. The Balaban J connectivity index is 2.80. The lowest BCUT2D eigenvalue weighted by Crippen LogP contribution is -2.08. The quantitative estimate of drug-likeness (QED) is 0.318. The summed E-state index contributed by atoms with van der Waals surface area (Å²) in [5.41, 5.74) is 9.77. The summed E-state index contributed by atoms with van der Waals surface area (Å²) in [6.45, 7) is 5.01. The van der Waals surface area contributed by atoms with Crippen LogP contribution < -0.4 is 0 Å². The number of nitrogens with zero attached hydrogens (tertiary/aromatic N) is 3. The molecule has 1 aromatic carbocycles. The second-order valence-corrected chi connectivity index (χ2v) is 3.02. The van der Waals surface area contributed by atoms with Gasteiger partial charge in [-0.25, -0.2) is 0 Å². The summed E-state index contributed by atoms with van der Waals surface area (Å²) in [6, 6.07) is 7.14. The van der Waals surface area contributed by atoms with Gasteiger partial charge in [-0.1, -0.05) is 29.4 Å². The van der Waals surface area contributed by atoms with E-state index in [2.05, 4.69) is 10.0 Å². The molecule has 0 bridgehead atoms. The lowest BCUT2D eigenvalue weighted by atomic mass is 10.2. The maximum Gasteiger partial charge on any atom is 0.183 e. The van der Waals surface area contributed by atoms with E-state index in [0.717, 1.165) is 5.56 Å². The van der Waals surface area contributed by atoms with E-state index in [1.807, 2.05) is 26.0 Å². The van der Waals surface area contributed by atoms with Gasteiger partial charge in [0.25, 0.3) is 0 Å². The van der Waals surface area contributed by atoms with Gasteiger partial charge in [-0.15, -0.1) is 0 Å². The van der Waals surface area contributed by atoms with Gasteiger partial charge in [-0.2, -0.15) is 0 Å². The van der Waals surface area contributed by atoms with Crippen molar-refractivity contribution in [3.63, 3.8) is 0 Å². The summed E-state index contributed by atoms with van der Waals surface area (Å²) < 4.78 is 10.9. The van der Waals surface area contributed by atoms with Crippen molar-refractivity contribution in [2.45, 2.75) is 20.1 Å². The highest BCUT2D eigenvalue weighted by atomic mass is 16.7. The fourth-order valence-electron chi connectivity index (χ4n) is 1.29. The monoisotopic (exact) mass is 221 g/mol. The maximum atomic E-state index is 8.28. The second-order valence-electron chi connectivity index (χ2n) is 3.02. The third kappa shape index (κ3) is 3.55. The fourth-order valence-corrected chi connectivity index (χ4v) is 1.29. The Bertz CT molecular complexity index is 352. The molecule has 0 heterocycles. The number of azide groups is 1. The van der Waals surface area contributed by atoms with Gasteiger partial charge in [0.15, 0.2) is 6.29 Å². The molecule has 0 aliphatic carbocycles. The second kappa shape index (κ2) is 6.85. The average molecular weight is 221 g/mol. The Morgan fingerprint density at radius 3 is 2.19 bits per heavy atom. The molecule has 0 fully saturated rings. The van der Waals surface area contributed by atoms with Gasteiger partial charge in [0.2, 0.25) is 0 Å². The first-order chi connectivity index (χ1) is 7.81. The molecular weight excluding hydrogens is 206 g/mol. The molecule has 1 rings (SSSR count). The molecule has 0 spiro atoms. The lowest BCUT2D eigenvalue weighted by molar-refractivity contribution is -0.140. The summed E-state index contributed by atoms with van der Waals surface area (Å²) in [6.07, 6.45) is -0.352. The molecule has 0 aromatic heterocycles. The summed E-state index contributed by atoms with van der Waals surface area (Å²) in [5, 5.41) is 3.50. The molecule has 0 saturated carbocycles. The van der Waals surface area contributed by atoms with Crippen molar-refractivity contribution in [3.05, 3.63) is 40.3 Å². The van der Waals surface area contributed by atoms with Crippen molar-refractivity contribution in [2.24, 2.45) is 5.11 Å². The molecular formula is C11H15N3O2. The van der Waals surface area contributed by atoms with Crippen LogP contribution in [0.5, 0.6) is 0 Å². The number of benzene rings is 1. The molecule has 0 aliphatic heterocycles. The van der Waals surface area contributed by atoms with Gasteiger partial charge in [0.05, 0.1) is 0 Å². The number of ether oxygens (including phenoxy) is 2. The topological polar surface area (TPSA) is 67.2 Å². The summed E-state index contributed by atoms with van der Waals surface area (Å²) in [5.74, 6) is 0. The van der Waals surface area contributed by atoms with Crippen LogP contribution in [-0.2, 0) is 9.47 Å². The third-order valence-electron chi connectivity index (χ3n) is 1.96. The van der Waals surface area contributed by atoms with Gasteiger partial charge in [0, 0.05) is 29.4 Å². The molecule has 0 radical (unpaired) electrons. The molecule has 0 saturated heterocycles. The van der Waals surface area contributed by atoms with E-state index in [-0.39, 0.29) is 6.29 Å². The van der Waals surface area contributed by atoms with Crippen LogP contribution in [-0.4, -0.2) is 13.2 Å². The van der Waals surface area contributed by atoms with Gasteiger partial charge >= 0.3 is 0 Å². The smallest absolute Gasteiger partial charge is 0.183 e. The normalized spacial score (nSPS) is 10.2. The van der Waals surface area contributed by atoms with E-state index >= 15 is 0 Å². The molecule has 0 N–H and O–H groups in total. The Kier molecular flexibility index (Phi) is 5.36. The van der Waals surface area contributed by atoms with Gasteiger partial charge in [0.1, 0.15) is 0 Å². The largest absolute Gasteiger partial charge is 0.349 e. The zero-order chi connectivity index (χ0) is 11.8. The highest BCUT2D eigenvalue weighted by Gasteiger charge is 2.10. The first-order valence-corrected chi connectivity index (χ1v) is 5.20. The van der Waals surface area contributed by atoms with Crippen molar-refractivity contribution >= 4 is 5.69 Å². The van der Waals surface area contributed by atoms with Crippen LogP contribution in [0.4, 0.5) is 5.69 Å². The fraction of sp³-hybridized carbons (Fsp3) is 0.455. The SMILES string of the molecule is CCOC(OCC)c1ccc(N=[N+]=[N-])cc1. The standard InChI is InChI=1S/C11H15N3O2/c1-3-15-11(16-4-2)9-5-7-10(8-6-9)13-14-12/h5-8,11H,3-4H2,1-2H3. The zero-order valence-electron chi connectivity index (χ0n) is 9.46. The van der Waals surface area contributed by atoms with Crippen molar-refractivity contribution in [2.75, 3.05) is 13.2 Å². The van der Waals surface area contributed by atoms with Crippen molar-refractivity contribution < 1.29 is 9.47 Å². The molecule has 0 unspecified atom stereocenters. The van der Waals surface area contributed by atoms with Crippen LogP contribution in [0.3, 0.4) is 0 Å². The van der Waals surface area contributed by atoms with Crippen LogP contribution in [0.25, 0.3) is 10.4 Å². The Hall–Kier alpha value is -1.55. The van der Waals surface area contributed by atoms with Crippen LogP contribution in [0.15, 0.2) is 29.4 Å². The van der Waals surface area contributed by atoms with Crippen LogP contribution in [0.2, 0.25) is 0 Å². The van der Waals surface area contributed by atoms with Crippen LogP contribution >= 0.6 is 0 Å². The van der Waals surface area contributed by atoms with E-state index < -0.39 is 0 Å². The highest BCUT2D eigenvalue weighted by molar-refractivity contribution is 5.38. The molecule has 5 nitrogen and oxygen atoms in total. The van der Waals surface area contributed by atoms with Crippen molar-refractivity contribution in [3.8, 4) is 0 Å². The van der Waals surface area contributed by atoms with Gasteiger partial charge in [-0.3, -0.25) is 0 Å². The van der Waals surface area contributed by atoms with Gasteiger partial charge in [-0.05, 0) is 19.4 Å². The Morgan fingerprint density at radius 2 is 1.75 bits per heavy atom. The predicted octanol–water partition coefficient (Wildman–Crippen LogP) is 3.70. The maximum absolute atomic E-state index is 8.28. The average Bonchev–Trinajstić information content (AvgIpc) is 2.30. The first-order valence-electron chi connectivity index (χ1n) is 5.20. The summed E-state index contributed by atoms with van der Waals surface area (Å²) >= 11 is 0. The molecule has 5 heteroatoms. The van der Waals surface area contributed by atoms with E-state index in [4.69, 9.17) is 15.0 Å². The molecule has 0 aliphatic rings. The van der Waals surface area contributed by atoms with E-state index in [1.54, 1.807) is 12.1 Å². The molecule has 0 atom stereocenters. The number of hydrogen-bond donors (Lipinski definition) is 0. The summed E-state index contributed by atoms with van der Waals surface area (Å²) in [4.78, 5) is 2.72. The van der Waals surface area contributed by atoms with Crippen LogP contribution in [0, 0.1) is 0 Å². The molecule has 1 aromatic rings. The van der Waals surface area contributed by atoms with Crippen molar-refractivity contribution in [1.29, 1.82) is 0 Å². The highest BCUT2D eigenvalue weighted by Crippen LogP contribution is 2.22. The minimum atomic E-state index is -0.352. The first kappa shape index (κ1) is 12.5. The number of rotatable bonds is 6. The third-order valence-corrected chi connectivity index (χ3v) is 1.96. The van der Waals surface area contributed by atoms with Gasteiger partial charge < -0.3 is 9.47 Å². The van der Waals surface area contributed by atoms with E-state index in [9.17, 15) is 0 Å².